The first-order chi connectivity index (χ1) is 28.4. The number of methoxy groups -OCH3 is 2. The van der Waals surface area contributed by atoms with Gasteiger partial charge in [-0.25, -0.2) is 14.8 Å². The summed E-state index contributed by atoms with van der Waals surface area (Å²) in [5.41, 5.74) is 1.34. The zero-order chi connectivity index (χ0) is 42.8. The Balaban J connectivity index is 0.000000193. The van der Waals surface area contributed by atoms with Gasteiger partial charge in [0.05, 0.1) is 56.8 Å². The number of carbonyl (C=O) groups excluding carboxylic acids is 5. The number of benzene rings is 2. The summed E-state index contributed by atoms with van der Waals surface area (Å²) in [5.74, 6) is -0.323. The molecule has 7 rings (SSSR count). The van der Waals surface area contributed by atoms with Crippen LogP contribution < -0.4 is 0 Å². The first-order valence-electron chi connectivity index (χ1n) is 20.6. The average Bonchev–Trinajstić information content (AvgIpc) is 4.07. The van der Waals surface area contributed by atoms with E-state index >= 15 is 0 Å². The minimum absolute atomic E-state index is 0.000282. The van der Waals surface area contributed by atoms with E-state index in [0.29, 0.717) is 42.9 Å². The molecular weight excluding hydrogens is 772 g/mol. The molecule has 0 spiro atoms. The van der Waals surface area contributed by atoms with E-state index in [-0.39, 0.29) is 30.3 Å². The minimum atomic E-state index is -1.17. The van der Waals surface area contributed by atoms with Gasteiger partial charge in [-0.05, 0) is 87.9 Å². The molecule has 0 bridgehead atoms. The summed E-state index contributed by atoms with van der Waals surface area (Å²) in [5, 5.41) is 9.18. The zero-order valence-electron chi connectivity index (χ0n) is 34.8. The molecule has 0 aliphatic heterocycles. The van der Waals surface area contributed by atoms with E-state index in [4.69, 9.17) is 16.3 Å². The largest absolute Gasteiger partial charge is 0.469 e. The van der Waals surface area contributed by atoms with Crippen LogP contribution in [-0.2, 0) is 23.9 Å². The molecule has 3 aliphatic carbocycles. The van der Waals surface area contributed by atoms with Crippen LogP contribution >= 0.6 is 11.6 Å². The number of Topliss-reactive ketones (excluding diaryl/α,β-unsaturated/α-hetero) is 2. The summed E-state index contributed by atoms with van der Waals surface area (Å²) in [6.07, 6.45) is 19.2. The Labute approximate surface area is 352 Å². The van der Waals surface area contributed by atoms with Crippen molar-refractivity contribution >= 4 is 40.3 Å². The third kappa shape index (κ3) is 13.0. The monoisotopic (exact) mass is 830 g/mol. The number of hydrogen-bond donors (Lipinski definition) is 1. The summed E-state index contributed by atoms with van der Waals surface area (Å²) < 4.78 is 13.1. The van der Waals surface area contributed by atoms with Gasteiger partial charge >= 0.3 is 11.9 Å². The number of carbonyl (C=O) groups is 5. The average molecular weight is 831 g/mol. The second-order valence-corrected chi connectivity index (χ2v) is 15.9. The topological polar surface area (TPSA) is 160 Å². The van der Waals surface area contributed by atoms with Crippen LogP contribution in [0.15, 0.2) is 85.7 Å². The molecule has 2 aromatic carbocycles. The molecule has 13 heteroatoms. The minimum Gasteiger partial charge on any atom is -0.469 e. The SMILES string of the molecule is COC(=O)C1(CC(=O)c2cncn2[C@H](C)c2ccccc2)CCCC1.COC(=O)C1(O)CCCCC1.C[C@H](c1ccccc1)n1cncc1C(=O)Cl.O=C1CCCCC1. The van der Waals surface area contributed by atoms with Crippen molar-refractivity contribution in [2.24, 2.45) is 5.41 Å². The molecule has 2 aromatic heterocycles. The smallest absolute Gasteiger partial charge is 0.337 e. The van der Waals surface area contributed by atoms with Crippen molar-refractivity contribution < 1.29 is 38.6 Å². The molecule has 12 nitrogen and oxygen atoms in total. The number of ketones is 2. The fourth-order valence-electron chi connectivity index (χ4n) is 7.98. The van der Waals surface area contributed by atoms with Gasteiger partial charge in [0.1, 0.15) is 17.2 Å². The van der Waals surface area contributed by atoms with Crippen molar-refractivity contribution in [2.45, 2.75) is 128 Å². The Morgan fingerprint density at radius 1 is 0.678 bits per heavy atom. The standard InChI is InChI=1S/C20H24N2O3.C12H11ClN2O.C8H14O3.C6H10O/c1-15(16-8-4-3-5-9-16)22-14-21-13-17(22)18(23)12-20(19(24)25-2)10-6-7-11-20;1-9(10-5-3-2-4-6-10)15-8-14-7-11(15)12(13)16;1-11-7(9)8(10)5-3-2-4-6-8;7-6-4-2-1-3-5-6/h3-5,8-9,13-15H,6-7,10-12H2,1-2H3;2-9H,1H3;10H,2-6H2,1H3;1-5H2/t15-;9-;;/m11../s1. The number of aromatic nitrogens is 4. The Morgan fingerprint density at radius 3 is 1.56 bits per heavy atom. The quantitative estimate of drug-likeness (QED) is 0.0928. The highest BCUT2D eigenvalue weighted by Crippen LogP contribution is 2.43. The highest BCUT2D eigenvalue weighted by atomic mass is 35.5. The number of ether oxygens (including phenoxy) is 2. The van der Waals surface area contributed by atoms with Gasteiger partial charge in [-0.1, -0.05) is 86.3 Å². The maximum Gasteiger partial charge on any atom is 0.337 e. The summed E-state index contributed by atoms with van der Waals surface area (Å²) >= 11 is 5.48. The first kappa shape index (κ1) is 46.7. The van der Waals surface area contributed by atoms with Crippen LogP contribution in [0.25, 0.3) is 0 Å². The molecule has 2 heterocycles. The lowest BCUT2D eigenvalue weighted by atomic mass is 9.80. The van der Waals surface area contributed by atoms with Crippen LogP contribution in [-0.4, -0.2) is 72.8 Å². The number of esters is 2. The van der Waals surface area contributed by atoms with Gasteiger partial charge in [-0.3, -0.25) is 19.2 Å². The van der Waals surface area contributed by atoms with Crippen LogP contribution in [0.1, 0.15) is 154 Å². The van der Waals surface area contributed by atoms with Gasteiger partial charge in [0.15, 0.2) is 11.4 Å². The van der Waals surface area contributed by atoms with Crippen molar-refractivity contribution in [3.8, 4) is 0 Å². The molecule has 0 saturated heterocycles. The predicted octanol–water partition coefficient (Wildman–Crippen LogP) is 9.04. The van der Waals surface area contributed by atoms with Crippen molar-refractivity contribution in [1.29, 1.82) is 0 Å². The summed E-state index contributed by atoms with van der Waals surface area (Å²) in [6.45, 7) is 4.04. The highest BCUT2D eigenvalue weighted by Gasteiger charge is 2.44. The Bertz CT molecular complexity index is 1940. The zero-order valence-corrected chi connectivity index (χ0v) is 35.6. The van der Waals surface area contributed by atoms with E-state index in [1.165, 1.54) is 26.8 Å². The first-order valence-corrected chi connectivity index (χ1v) is 21.0. The molecule has 2 atom stereocenters. The van der Waals surface area contributed by atoms with E-state index in [9.17, 15) is 29.1 Å². The van der Waals surface area contributed by atoms with Gasteiger partial charge < -0.3 is 23.7 Å². The number of nitrogens with zero attached hydrogens (tertiary/aromatic N) is 4. The Kier molecular flexibility index (Phi) is 18.2. The third-order valence-electron chi connectivity index (χ3n) is 11.6. The fourth-order valence-corrected chi connectivity index (χ4v) is 8.12. The van der Waals surface area contributed by atoms with Crippen molar-refractivity contribution in [1.82, 2.24) is 19.1 Å². The summed E-state index contributed by atoms with van der Waals surface area (Å²) in [4.78, 5) is 66.0. The molecule has 1 N–H and O–H groups in total. The number of aliphatic hydroxyl groups is 1. The van der Waals surface area contributed by atoms with Crippen LogP contribution in [0.5, 0.6) is 0 Å². The molecule has 0 unspecified atom stereocenters. The molecular formula is C46H59ClN4O8. The van der Waals surface area contributed by atoms with Crippen molar-refractivity contribution in [2.75, 3.05) is 14.2 Å². The number of imidazole rings is 2. The second kappa shape index (κ2) is 23.0. The maximum atomic E-state index is 13.0. The molecule has 3 fully saturated rings. The van der Waals surface area contributed by atoms with E-state index in [1.54, 1.807) is 23.4 Å². The summed E-state index contributed by atoms with van der Waals surface area (Å²) in [7, 11) is 2.71. The van der Waals surface area contributed by atoms with Crippen LogP contribution in [0, 0.1) is 5.41 Å². The lowest BCUT2D eigenvalue weighted by molar-refractivity contribution is -0.165. The number of hydrogen-bond acceptors (Lipinski definition) is 10. The summed E-state index contributed by atoms with van der Waals surface area (Å²) in [6, 6.07) is 19.9. The van der Waals surface area contributed by atoms with Crippen LogP contribution in [0.3, 0.4) is 0 Å². The van der Waals surface area contributed by atoms with Crippen molar-refractivity contribution in [3.05, 3.63) is 108 Å². The normalized spacial score (nSPS) is 17.6. The maximum absolute atomic E-state index is 13.0. The van der Waals surface area contributed by atoms with Gasteiger partial charge in [0.25, 0.3) is 5.24 Å². The van der Waals surface area contributed by atoms with Gasteiger partial charge in [-0.15, -0.1) is 0 Å². The molecule has 3 saturated carbocycles. The third-order valence-corrected chi connectivity index (χ3v) is 11.7. The Hall–Kier alpha value is -4.94. The van der Waals surface area contributed by atoms with Gasteiger partial charge in [0.2, 0.25) is 0 Å². The molecule has 318 valence electrons. The lowest BCUT2D eigenvalue weighted by Gasteiger charge is -2.28. The second-order valence-electron chi connectivity index (χ2n) is 15.6. The van der Waals surface area contributed by atoms with Gasteiger partial charge in [0, 0.05) is 19.3 Å². The molecule has 3 aliphatic rings. The fraction of sp³-hybridized carbons (Fsp3) is 0.500. The Morgan fingerprint density at radius 2 is 1.12 bits per heavy atom. The molecule has 59 heavy (non-hydrogen) atoms. The lowest BCUT2D eigenvalue weighted by Crippen LogP contribution is -2.41. The molecule has 0 radical (unpaired) electrons. The molecule has 0 amide bonds. The van der Waals surface area contributed by atoms with Crippen LogP contribution in [0.4, 0.5) is 0 Å². The number of halogens is 1. The molecule has 4 aromatic rings. The van der Waals surface area contributed by atoms with E-state index in [0.717, 1.165) is 68.9 Å². The van der Waals surface area contributed by atoms with Crippen LogP contribution in [0.2, 0.25) is 0 Å². The predicted molar refractivity (Wildman–Crippen MR) is 225 cm³/mol. The number of rotatable bonds is 10. The van der Waals surface area contributed by atoms with E-state index in [1.807, 2.05) is 79.1 Å². The van der Waals surface area contributed by atoms with Gasteiger partial charge in [-0.2, -0.15) is 0 Å². The van der Waals surface area contributed by atoms with E-state index in [2.05, 4.69) is 14.7 Å². The highest BCUT2D eigenvalue weighted by molar-refractivity contribution is 6.67. The van der Waals surface area contributed by atoms with E-state index < -0.39 is 22.2 Å². The van der Waals surface area contributed by atoms with Crippen molar-refractivity contribution in [3.63, 3.8) is 0 Å².